The summed E-state index contributed by atoms with van der Waals surface area (Å²) in [6.45, 7) is 2.41. The van der Waals surface area contributed by atoms with E-state index in [4.69, 9.17) is 4.42 Å². The zero-order chi connectivity index (χ0) is 18.9. The van der Waals surface area contributed by atoms with Crippen LogP contribution in [-0.4, -0.2) is 18.5 Å². The van der Waals surface area contributed by atoms with E-state index >= 15 is 0 Å². The van der Waals surface area contributed by atoms with Crippen LogP contribution in [0.3, 0.4) is 0 Å². The molecule has 0 aliphatic carbocycles. The molecule has 0 unspecified atom stereocenters. The van der Waals surface area contributed by atoms with Crippen molar-refractivity contribution >= 4 is 5.91 Å². The maximum Gasteiger partial charge on any atom is 0.275 e. The molecule has 2 atom stereocenters. The summed E-state index contributed by atoms with van der Waals surface area (Å²) in [6.07, 6.45) is 3.56. The van der Waals surface area contributed by atoms with Gasteiger partial charge in [-0.05, 0) is 37.5 Å². The van der Waals surface area contributed by atoms with Crippen molar-refractivity contribution in [2.45, 2.75) is 31.8 Å². The van der Waals surface area contributed by atoms with Crippen molar-refractivity contribution in [3.8, 4) is 0 Å². The third kappa shape index (κ3) is 5.83. The number of carbonyl (C=O) groups excluding carboxylic acids is 1. The first kappa shape index (κ1) is 18.9. The predicted molar refractivity (Wildman–Crippen MR) is 106 cm³/mol. The summed E-state index contributed by atoms with van der Waals surface area (Å²) in [5.41, 5.74) is 2.42. The van der Waals surface area contributed by atoms with Gasteiger partial charge in [0.15, 0.2) is 18.3 Å². The first-order valence-corrected chi connectivity index (χ1v) is 9.47. The summed E-state index contributed by atoms with van der Waals surface area (Å²) >= 11 is 0. The molecule has 1 aromatic heterocycles. The number of furan rings is 1. The Morgan fingerprint density at radius 3 is 2.37 bits per heavy atom. The Bertz CT molecular complexity index is 801. The van der Waals surface area contributed by atoms with E-state index in [0.29, 0.717) is 6.54 Å². The summed E-state index contributed by atoms with van der Waals surface area (Å²) in [4.78, 5) is 12.4. The van der Waals surface area contributed by atoms with E-state index in [2.05, 4.69) is 36.5 Å². The molecule has 140 valence electrons. The molecule has 0 aliphatic heterocycles. The molecule has 4 nitrogen and oxygen atoms in total. The van der Waals surface area contributed by atoms with Gasteiger partial charge >= 0.3 is 0 Å². The molecule has 0 fully saturated rings. The van der Waals surface area contributed by atoms with Crippen molar-refractivity contribution in [1.29, 1.82) is 0 Å². The number of carbonyl (C=O) groups is 1. The van der Waals surface area contributed by atoms with E-state index in [9.17, 15) is 4.79 Å². The molecule has 1 amide bonds. The van der Waals surface area contributed by atoms with Crippen molar-refractivity contribution < 1.29 is 14.5 Å². The van der Waals surface area contributed by atoms with Crippen LogP contribution in [0.25, 0.3) is 0 Å². The van der Waals surface area contributed by atoms with Crippen molar-refractivity contribution in [2.24, 2.45) is 0 Å². The van der Waals surface area contributed by atoms with Gasteiger partial charge in [-0.15, -0.1) is 0 Å². The van der Waals surface area contributed by atoms with E-state index < -0.39 is 0 Å². The summed E-state index contributed by atoms with van der Waals surface area (Å²) in [5.74, 6) is 0.897. The molecule has 0 radical (unpaired) electrons. The second-order valence-corrected chi connectivity index (χ2v) is 6.84. The first-order valence-electron chi connectivity index (χ1n) is 9.47. The van der Waals surface area contributed by atoms with E-state index in [-0.39, 0.29) is 18.0 Å². The van der Waals surface area contributed by atoms with Gasteiger partial charge in [-0.3, -0.25) is 4.79 Å². The minimum atomic E-state index is -0.0217. The van der Waals surface area contributed by atoms with Crippen molar-refractivity contribution in [2.75, 3.05) is 6.54 Å². The summed E-state index contributed by atoms with van der Waals surface area (Å²) < 4.78 is 5.59. The Hall–Kier alpha value is -2.85. The normalized spacial score (nSPS) is 13.1. The van der Waals surface area contributed by atoms with Gasteiger partial charge in [0.1, 0.15) is 0 Å². The van der Waals surface area contributed by atoms with Crippen LogP contribution in [0, 0.1) is 0 Å². The minimum absolute atomic E-state index is 0.0217. The molecule has 3 rings (SSSR count). The summed E-state index contributed by atoms with van der Waals surface area (Å²) in [7, 11) is 0. The number of benzene rings is 2. The van der Waals surface area contributed by atoms with Gasteiger partial charge in [-0.25, -0.2) is 0 Å². The van der Waals surface area contributed by atoms with Crippen molar-refractivity contribution in [3.63, 3.8) is 0 Å². The van der Waals surface area contributed by atoms with Gasteiger partial charge in [0, 0.05) is 11.6 Å². The molecular weight excluding hydrogens is 336 g/mol. The van der Waals surface area contributed by atoms with Gasteiger partial charge in [0.05, 0.1) is 6.26 Å². The lowest BCUT2D eigenvalue weighted by Crippen LogP contribution is -2.87. The maximum atomic E-state index is 12.4. The minimum Gasteiger partial charge on any atom is -0.463 e. The third-order valence-electron chi connectivity index (χ3n) is 4.66. The Kier molecular flexibility index (Phi) is 6.83. The average molecular weight is 363 g/mol. The quantitative estimate of drug-likeness (QED) is 0.614. The molecule has 2 aromatic carbocycles. The van der Waals surface area contributed by atoms with Crippen LogP contribution in [0.15, 0.2) is 83.5 Å². The second kappa shape index (κ2) is 9.74. The number of amides is 1. The Labute approximate surface area is 160 Å². The van der Waals surface area contributed by atoms with Crippen molar-refractivity contribution in [3.05, 3.63) is 95.9 Å². The average Bonchev–Trinajstić information content (AvgIpc) is 3.23. The molecule has 0 spiro atoms. The largest absolute Gasteiger partial charge is 0.463 e. The van der Waals surface area contributed by atoms with Gasteiger partial charge in [0.2, 0.25) is 0 Å². The van der Waals surface area contributed by atoms with Gasteiger partial charge in [-0.1, -0.05) is 60.7 Å². The molecule has 0 saturated carbocycles. The van der Waals surface area contributed by atoms with Crippen molar-refractivity contribution in [1.82, 2.24) is 5.32 Å². The Morgan fingerprint density at radius 1 is 1.00 bits per heavy atom. The smallest absolute Gasteiger partial charge is 0.275 e. The highest BCUT2D eigenvalue weighted by Gasteiger charge is 2.21. The Morgan fingerprint density at radius 2 is 1.70 bits per heavy atom. The lowest BCUT2D eigenvalue weighted by molar-refractivity contribution is -0.678. The third-order valence-corrected chi connectivity index (χ3v) is 4.66. The summed E-state index contributed by atoms with van der Waals surface area (Å²) in [5, 5.41) is 5.12. The zero-order valence-corrected chi connectivity index (χ0v) is 15.7. The standard InChI is InChI=1S/C23H26N2O2/c1-18(14-15-19-9-4-2-5-10-19)25-22(26)17-24-23(21-13-8-16-27-21)20-11-6-3-7-12-20/h2-13,16,18,23-24H,14-15,17H2,1H3,(H,25,26)/p+1/t18-,23-/m1/s1. The maximum absolute atomic E-state index is 12.4. The fourth-order valence-electron chi connectivity index (χ4n) is 3.20. The molecule has 0 saturated heterocycles. The number of quaternary nitrogens is 1. The number of nitrogens with two attached hydrogens (primary N) is 1. The molecule has 0 aliphatic rings. The second-order valence-electron chi connectivity index (χ2n) is 6.84. The highest BCUT2D eigenvalue weighted by molar-refractivity contribution is 5.77. The first-order chi connectivity index (χ1) is 13.2. The molecule has 27 heavy (non-hydrogen) atoms. The predicted octanol–water partition coefficient (Wildman–Crippen LogP) is 3.07. The van der Waals surface area contributed by atoms with Gasteiger partial charge < -0.3 is 15.1 Å². The van der Waals surface area contributed by atoms with Crippen LogP contribution in [0.5, 0.6) is 0 Å². The molecule has 3 N–H and O–H groups in total. The lowest BCUT2D eigenvalue weighted by atomic mass is 10.0. The molecule has 4 heteroatoms. The fraction of sp³-hybridized carbons (Fsp3) is 0.261. The molecule has 0 bridgehead atoms. The van der Waals surface area contributed by atoms with Crippen LogP contribution in [0.4, 0.5) is 0 Å². The number of nitrogens with one attached hydrogen (secondary N) is 1. The van der Waals surface area contributed by atoms with E-state index in [1.54, 1.807) is 6.26 Å². The van der Waals surface area contributed by atoms with Crippen LogP contribution in [-0.2, 0) is 11.2 Å². The van der Waals surface area contributed by atoms with Gasteiger partial charge in [0.25, 0.3) is 5.91 Å². The number of hydrogen-bond acceptors (Lipinski definition) is 2. The fourth-order valence-corrected chi connectivity index (χ4v) is 3.20. The van der Waals surface area contributed by atoms with Crippen LogP contribution in [0.1, 0.15) is 36.3 Å². The monoisotopic (exact) mass is 363 g/mol. The highest BCUT2D eigenvalue weighted by Crippen LogP contribution is 2.18. The number of aryl methyl sites for hydroxylation is 1. The topological polar surface area (TPSA) is 58.9 Å². The van der Waals surface area contributed by atoms with Crippen LogP contribution < -0.4 is 10.6 Å². The zero-order valence-electron chi connectivity index (χ0n) is 15.7. The van der Waals surface area contributed by atoms with Gasteiger partial charge in [-0.2, -0.15) is 0 Å². The van der Waals surface area contributed by atoms with E-state index in [1.165, 1.54) is 5.56 Å². The summed E-state index contributed by atoms with van der Waals surface area (Å²) in [6, 6.07) is 24.4. The SMILES string of the molecule is C[C@H](CCc1ccccc1)NC(=O)C[NH2+][C@H](c1ccccc1)c1ccco1. The van der Waals surface area contributed by atoms with E-state index in [0.717, 1.165) is 24.2 Å². The van der Waals surface area contributed by atoms with Crippen LogP contribution in [0.2, 0.25) is 0 Å². The van der Waals surface area contributed by atoms with Crippen LogP contribution >= 0.6 is 0 Å². The molecular formula is C23H27N2O2+. The number of hydrogen-bond donors (Lipinski definition) is 2. The highest BCUT2D eigenvalue weighted by atomic mass is 16.3. The number of rotatable bonds is 9. The lowest BCUT2D eigenvalue weighted by Gasteiger charge is -2.16. The molecule has 1 heterocycles. The Balaban J connectivity index is 1.50. The molecule has 3 aromatic rings. The van der Waals surface area contributed by atoms with E-state index in [1.807, 2.05) is 53.8 Å².